The quantitative estimate of drug-likeness (QED) is 0.902. The minimum atomic E-state index is -0.115. The van der Waals surface area contributed by atoms with Crippen molar-refractivity contribution in [2.75, 3.05) is 0 Å². The molecule has 0 spiro atoms. The van der Waals surface area contributed by atoms with Gasteiger partial charge in [0.25, 0.3) is 0 Å². The van der Waals surface area contributed by atoms with Gasteiger partial charge in [0.15, 0.2) is 0 Å². The molecule has 0 saturated heterocycles. The lowest BCUT2D eigenvalue weighted by atomic mass is 10.0. The summed E-state index contributed by atoms with van der Waals surface area (Å²) in [5.41, 5.74) is 8.30. The summed E-state index contributed by atoms with van der Waals surface area (Å²) in [5.74, 6) is 0. The largest absolute Gasteiger partial charge is 0.367 e. The topological polar surface area (TPSA) is 35.2 Å². The molecule has 3 heteroatoms. The molecule has 2 aromatic rings. The Bertz CT molecular complexity index is 513. The number of rotatable bonds is 5. The first-order valence-corrected chi connectivity index (χ1v) is 7.13. The Morgan fingerprint density at radius 2 is 1.68 bits per heavy atom. The number of ether oxygens (including phenoxy) is 1. The van der Waals surface area contributed by atoms with Crippen molar-refractivity contribution in [1.29, 1.82) is 0 Å². The van der Waals surface area contributed by atoms with Crippen molar-refractivity contribution in [3.05, 3.63) is 70.2 Å². The average molecular weight is 320 g/mol. The lowest BCUT2D eigenvalue weighted by Gasteiger charge is -2.23. The van der Waals surface area contributed by atoms with Crippen molar-refractivity contribution >= 4 is 15.9 Å². The summed E-state index contributed by atoms with van der Waals surface area (Å²) in [6.07, 6.45) is -0.115. The van der Waals surface area contributed by atoms with Gasteiger partial charge in [-0.3, -0.25) is 0 Å². The number of benzene rings is 2. The second-order valence-electron chi connectivity index (χ2n) is 4.60. The van der Waals surface area contributed by atoms with Crippen LogP contribution in [0.25, 0.3) is 0 Å². The lowest BCUT2D eigenvalue weighted by Crippen LogP contribution is -2.27. The van der Waals surface area contributed by atoms with Crippen LogP contribution in [0, 0.1) is 0 Å². The van der Waals surface area contributed by atoms with Crippen LogP contribution in [0.2, 0.25) is 0 Å². The summed E-state index contributed by atoms with van der Waals surface area (Å²) in [4.78, 5) is 0. The van der Waals surface area contributed by atoms with E-state index < -0.39 is 0 Å². The molecule has 0 aliphatic rings. The molecule has 0 aliphatic carbocycles. The standard InChI is InChI=1S/C16H18BrNO/c1-12(18)16(14-9-5-6-10-15(14)17)19-11-13-7-3-2-4-8-13/h2-10,12,16H,11,18H2,1H3. The van der Waals surface area contributed by atoms with Gasteiger partial charge in [-0.1, -0.05) is 64.5 Å². The third-order valence-corrected chi connectivity index (χ3v) is 3.68. The molecule has 0 aliphatic heterocycles. The lowest BCUT2D eigenvalue weighted by molar-refractivity contribution is 0.0254. The van der Waals surface area contributed by atoms with Crippen molar-refractivity contribution in [3.63, 3.8) is 0 Å². The molecular formula is C16H18BrNO. The Morgan fingerprint density at radius 3 is 2.32 bits per heavy atom. The summed E-state index contributed by atoms with van der Waals surface area (Å²) in [6, 6.07) is 18.1. The minimum absolute atomic E-state index is 0.0672. The van der Waals surface area contributed by atoms with E-state index in [9.17, 15) is 0 Å². The van der Waals surface area contributed by atoms with Crippen LogP contribution in [0.4, 0.5) is 0 Å². The number of hydrogen-bond acceptors (Lipinski definition) is 2. The van der Waals surface area contributed by atoms with E-state index in [1.807, 2.05) is 49.4 Å². The van der Waals surface area contributed by atoms with Gasteiger partial charge in [0.2, 0.25) is 0 Å². The molecule has 2 unspecified atom stereocenters. The van der Waals surface area contributed by atoms with E-state index in [0.29, 0.717) is 6.61 Å². The van der Waals surface area contributed by atoms with Crippen molar-refractivity contribution in [2.24, 2.45) is 5.73 Å². The predicted molar refractivity (Wildman–Crippen MR) is 81.8 cm³/mol. The van der Waals surface area contributed by atoms with E-state index in [1.54, 1.807) is 0 Å². The van der Waals surface area contributed by atoms with Gasteiger partial charge in [-0.25, -0.2) is 0 Å². The summed E-state index contributed by atoms with van der Waals surface area (Å²) in [5, 5.41) is 0. The van der Waals surface area contributed by atoms with Gasteiger partial charge in [-0.15, -0.1) is 0 Å². The molecule has 2 N–H and O–H groups in total. The van der Waals surface area contributed by atoms with Crippen LogP contribution in [0.5, 0.6) is 0 Å². The van der Waals surface area contributed by atoms with Crippen molar-refractivity contribution in [1.82, 2.24) is 0 Å². The van der Waals surface area contributed by atoms with Crippen LogP contribution in [0.3, 0.4) is 0 Å². The zero-order chi connectivity index (χ0) is 13.7. The molecule has 0 amide bonds. The van der Waals surface area contributed by atoms with E-state index in [1.165, 1.54) is 0 Å². The highest BCUT2D eigenvalue weighted by atomic mass is 79.9. The first kappa shape index (κ1) is 14.3. The maximum Gasteiger partial charge on any atom is 0.0988 e. The number of hydrogen-bond donors (Lipinski definition) is 1. The fraction of sp³-hybridized carbons (Fsp3) is 0.250. The molecule has 2 aromatic carbocycles. The van der Waals surface area contributed by atoms with Crippen molar-refractivity contribution in [2.45, 2.75) is 25.7 Å². The first-order valence-electron chi connectivity index (χ1n) is 6.34. The van der Waals surface area contributed by atoms with Gasteiger partial charge in [-0.05, 0) is 24.1 Å². The van der Waals surface area contributed by atoms with Gasteiger partial charge in [0.1, 0.15) is 0 Å². The first-order chi connectivity index (χ1) is 9.18. The molecule has 2 nitrogen and oxygen atoms in total. The molecular weight excluding hydrogens is 302 g/mol. The van der Waals surface area contributed by atoms with Crippen LogP contribution in [-0.2, 0) is 11.3 Å². The second kappa shape index (κ2) is 6.85. The molecule has 2 rings (SSSR count). The monoisotopic (exact) mass is 319 g/mol. The van der Waals surface area contributed by atoms with Gasteiger partial charge in [-0.2, -0.15) is 0 Å². The maximum atomic E-state index is 6.06. The Balaban J connectivity index is 2.12. The number of halogens is 1. The van der Waals surface area contributed by atoms with Crippen LogP contribution in [0.1, 0.15) is 24.2 Å². The van der Waals surface area contributed by atoms with E-state index in [2.05, 4.69) is 28.1 Å². The molecule has 0 fully saturated rings. The third-order valence-electron chi connectivity index (χ3n) is 2.96. The van der Waals surface area contributed by atoms with Gasteiger partial charge >= 0.3 is 0 Å². The van der Waals surface area contributed by atoms with Crippen LogP contribution >= 0.6 is 15.9 Å². The maximum absolute atomic E-state index is 6.06. The Hall–Kier alpha value is -1.16. The van der Waals surface area contributed by atoms with Gasteiger partial charge in [0, 0.05) is 10.5 Å². The zero-order valence-electron chi connectivity index (χ0n) is 10.9. The molecule has 0 aromatic heterocycles. The summed E-state index contributed by atoms with van der Waals surface area (Å²) < 4.78 is 7.03. The van der Waals surface area contributed by atoms with Gasteiger partial charge in [0.05, 0.1) is 12.7 Å². The van der Waals surface area contributed by atoms with Crippen LogP contribution in [-0.4, -0.2) is 6.04 Å². The molecule has 2 atom stereocenters. The van der Waals surface area contributed by atoms with E-state index in [-0.39, 0.29) is 12.1 Å². The molecule has 0 heterocycles. The van der Waals surface area contributed by atoms with Crippen LogP contribution < -0.4 is 5.73 Å². The van der Waals surface area contributed by atoms with Crippen molar-refractivity contribution in [3.8, 4) is 0 Å². The van der Waals surface area contributed by atoms with E-state index in [4.69, 9.17) is 10.5 Å². The number of nitrogens with two attached hydrogens (primary N) is 1. The smallest absolute Gasteiger partial charge is 0.0988 e. The fourth-order valence-corrected chi connectivity index (χ4v) is 2.50. The second-order valence-corrected chi connectivity index (χ2v) is 5.45. The Labute approximate surface area is 122 Å². The average Bonchev–Trinajstić information content (AvgIpc) is 2.42. The minimum Gasteiger partial charge on any atom is -0.367 e. The highest BCUT2D eigenvalue weighted by molar-refractivity contribution is 9.10. The van der Waals surface area contributed by atoms with Gasteiger partial charge < -0.3 is 10.5 Å². The molecule has 0 bridgehead atoms. The zero-order valence-corrected chi connectivity index (χ0v) is 12.5. The predicted octanol–water partition coefficient (Wildman–Crippen LogP) is 4.05. The highest BCUT2D eigenvalue weighted by Crippen LogP contribution is 2.28. The molecule has 0 radical (unpaired) electrons. The van der Waals surface area contributed by atoms with Crippen molar-refractivity contribution < 1.29 is 4.74 Å². The normalized spacial score (nSPS) is 14.1. The van der Waals surface area contributed by atoms with E-state index in [0.717, 1.165) is 15.6 Å². The Kier molecular flexibility index (Phi) is 5.14. The third kappa shape index (κ3) is 3.90. The molecule has 19 heavy (non-hydrogen) atoms. The van der Waals surface area contributed by atoms with Crippen LogP contribution in [0.15, 0.2) is 59.1 Å². The summed E-state index contributed by atoms with van der Waals surface area (Å²) in [7, 11) is 0. The summed E-state index contributed by atoms with van der Waals surface area (Å²) in [6.45, 7) is 2.53. The highest BCUT2D eigenvalue weighted by Gasteiger charge is 2.19. The molecule has 100 valence electrons. The fourth-order valence-electron chi connectivity index (χ4n) is 1.99. The Morgan fingerprint density at radius 1 is 1.05 bits per heavy atom. The van der Waals surface area contributed by atoms with E-state index >= 15 is 0 Å². The SMILES string of the molecule is CC(N)C(OCc1ccccc1)c1ccccc1Br. The molecule has 0 saturated carbocycles. The summed E-state index contributed by atoms with van der Waals surface area (Å²) >= 11 is 3.56.